The van der Waals surface area contributed by atoms with Gasteiger partial charge in [0, 0.05) is 28.7 Å². The van der Waals surface area contributed by atoms with Gasteiger partial charge in [0.1, 0.15) is 12.4 Å². The summed E-state index contributed by atoms with van der Waals surface area (Å²) in [6, 6.07) is 20.9. The fourth-order valence-electron chi connectivity index (χ4n) is 2.83. The standard InChI is InChI=1S/C22H24ClNO/c1-3-16(2)24-14-20-19-10-6-4-8-17(19)12-13-22(20)25-15-18-9-5-7-11-21(18)23/h4-13,16,24H,3,14-15H2,1-2H3/t16-/m0/s1. The molecule has 0 saturated carbocycles. The van der Waals surface area contributed by atoms with E-state index in [1.807, 2.05) is 24.3 Å². The van der Waals surface area contributed by atoms with Gasteiger partial charge >= 0.3 is 0 Å². The fraction of sp³-hybridized carbons (Fsp3) is 0.273. The maximum absolute atomic E-state index is 6.25. The number of ether oxygens (including phenoxy) is 1. The van der Waals surface area contributed by atoms with Crippen molar-refractivity contribution in [3.05, 3.63) is 76.8 Å². The Labute approximate surface area is 154 Å². The van der Waals surface area contributed by atoms with E-state index in [1.54, 1.807) is 0 Å². The molecule has 0 fully saturated rings. The highest BCUT2D eigenvalue weighted by molar-refractivity contribution is 6.31. The molecule has 0 aromatic heterocycles. The lowest BCUT2D eigenvalue weighted by atomic mass is 10.0. The van der Waals surface area contributed by atoms with Crippen LogP contribution in [-0.2, 0) is 13.2 Å². The third-order valence-electron chi connectivity index (χ3n) is 4.58. The molecule has 3 rings (SSSR count). The highest BCUT2D eigenvalue weighted by Crippen LogP contribution is 2.29. The van der Waals surface area contributed by atoms with Crippen LogP contribution in [0.3, 0.4) is 0 Å². The fourth-order valence-corrected chi connectivity index (χ4v) is 3.02. The third-order valence-corrected chi connectivity index (χ3v) is 4.95. The van der Waals surface area contributed by atoms with Crippen LogP contribution in [0.2, 0.25) is 5.02 Å². The molecule has 3 heteroatoms. The summed E-state index contributed by atoms with van der Waals surface area (Å²) in [7, 11) is 0. The zero-order chi connectivity index (χ0) is 17.6. The van der Waals surface area contributed by atoms with E-state index < -0.39 is 0 Å². The molecule has 3 aromatic rings. The van der Waals surface area contributed by atoms with E-state index in [2.05, 4.69) is 55.6 Å². The Bertz CT molecular complexity index is 846. The Morgan fingerprint density at radius 3 is 2.56 bits per heavy atom. The molecule has 0 saturated heterocycles. The van der Waals surface area contributed by atoms with Crippen molar-refractivity contribution < 1.29 is 4.74 Å². The Hall–Kier alpha value is -2.03. The van der Waals surface area contributed by atoms with Crippen molar-refractivity contribution in [3.8, 4) is 5.75 Å². The third kappa shape index (κ3) is 4.33. The van der Waals surface area contributed by atoms with E-state index in [4.69, 9.17) is 16.3 Å². The monoisotopic (exact) mass is 353 g/mol. The highest BCUT2D eigenvalue weighted by Gasteiger charge is 2.11. The van der Waals surface area contributed by atoms with Gasteiger partial charge in [-0.05, 0) is 36.2 Å². The van der Waals surface area contributed by atoms with Crippen molar-refractivity contribution in [1.29, 1.82) is 0 Å². The second-order valence-corrected chi connectivity index (χ2v) is 6.74. The van der Waals surface area contributed by atoms with Crippen molar-refractivity contribution in [3.63, 3.8) is 0 Å². The molecule has 0 radical (unpaired) electrons. The second-order valence-electron chi connectivity index (χ2n) is 6.33. The number of halogens is 1. The molecule has 3 aromatic carbocycles. The maximum Gasteiger partial charge on any atom is 0.124 e. The van der Waals surface area contributed by atoms with Gasteiger partial charge in [-0.2, -0.15) is 0 Å². The Kier molecular flexibility index (Phi) is 5.95. The lowest BCUT2D eigenvalue weighted by molar-refractivity contribution is 0.302. The first-order valence-corrected chi connectivity index (χ1v) is 9.17. The first-order chi connectivity index (χ1) is 12.2. The zero-order valence-electron chi connectivity index (χ0n) is 14.8. The average Bonchev–Trinajstić information content (AvgIpc) is 2.65. The van der Waals surface area contributed by atoms with Gasteiger partial charge in [0.05, 0.1) is 0 Å². The van der Waals surface area contributed by atoms with E-state index in [0.717, 1.165) is 29.3 Å². The van der Waals surface area contributed by atoms with Gasteiger partial charge in [-0.1, -0.05) is 67.1 Å². The molecule has 0 heterocycles. The largest absolute Gasteiger partial charge is 0.488 e. The minimum Gasteiger partial charge on any atom is -0.488 e. The van der Waals surface area contributed by atoms with E-state index >= 15 is 0 Å². The van der Waals surface area contributed by atoms with Gasteiger partial charge in [-0.15, -0.1) is 0 Å². The molecule has 0 bridgehead atoms. The average molecular weight is 354 g/mol. The number of benzene rings is 3. The topological polar surface area (TPSA) is 21.3 Å². The van der Waals surface area contributed by atoms with Gasteiger partial charge < -0.3 is 10.1 Å². The van der Waals surface area contributed by atoms with Gasteiger partial charge in [0.15, 0.2) is 0 Å². The van der Waals surface area contributed by atoms with Crippen LogP contribution in [0, 0.1) is 0 Å². The normalized spacial score (nSPS) is 12.3. The predicted octanol–water partition coefficient (Wildman–Crippen LogP) is 5.96. The summed E-state index contributed by atoms with van der Waals surface area (Å²) in [5.41, 5.74) is 2.20. The quantitative estimate of drug-likeness (QED) is 0.565. The second kappa shape index (κ2) is 8.37. The molecule has 2 nitrogen and oxygen atoms in total. The summed E-state index contributed by atoms with van der Waals surface area (Å²) in [6.45, 7) is 5.65. The van der Waals surface area contributed by atoms with Crippen LogP contribution in [0.5, 0.6) is 5.75 Å². The smallest absolute Gasteiger partial charge is 0.124 e. The van der Waals surface area contributed by atoms with Crippen LogP contribution in [-0.4, -0.2) is 6.04 Å². The summed E-state index contributed by atoms with van der Waals surface area (Å²) >= 11 is 6.25. The summed E-state index contributed by atoms with van der Waals surface area (Å²) in [6.07, 6.45) is 1.10. The summed E-state index contributed by atoms with van der Waals surface area (Å²) in [4.78, 5) is 0. The minimum absolute atomic E-state index is 0.467. The predicted molar refractivity (Wildman–Crippen MR) is 106 cm³/mol. The van der Waals surface area contributed by atoms with Crippen LogP contribution in [0.1, 0.15) is 31.4 Å². The molecule has 0 aliphatic heterocycles. The lowest BCUT2D eigenvalue weighted by Crippen LogP contribution is -2.24. The van der Waals surface area contributed by atoms with Crippen molar-refractivity contribution >= 4 is 22.4 Å². The SMILES string of the molecule is CC[C@H](C)NCc1c(OCc2ccccc2Cl)ccc2ccccc12. The van der Waals surface area contributed by atoms with Crippen molar-refractivity contribution in [1.82, 2.24) is 5.32 Å². The van der Waals surface area contributed by atoms with E-state index in [1.165, 1.54) is 16.3 Å². The molecule has 0 spiro atoms. The molecule has 0 amide bonds. The van der Waals surface area contributed by atoms with Gasteiger partial charge in [-0.3, -0.25) is 0 Å². The Morgan fingerprint density at radius 2 is 1.76 bits per heavy atom. The number of fused-ring (bicyclic) bond motifs is 1. The minimum atomic E-state index is 0.467. The van der Waals surface area contributed by atoms with Gasteiger partial charge in [0.25, 0.3) is 0 Å². The maximum atomic E-state index is 6.25. The first kappa shape index (κ1) is 17.8. The molecule has 1 N–H and O–H groups in total. The zero-order valence-corrected chi connectivity index (χ0v) is 15.5. The number of hydrogen-bond acceptors (Lipinski definition) is 2. The van der Waals surface area contributed by atoms with Crippen LogP contribution in [0.15, 0.2) is 60.7 Å². The van der Waals surface area contributed by atoms with E-state index in [-0.39, 0.29) is 0 Å². The van der Waals surface area contributed by atoms with Crippen LogP contribution in [0.25, 0.3) is 10.8 Å². The number of nitrogens with one attached hydrogen (secondary N) is 1. The summed E-state index contributed by atoms with van der Waals surface area (Å²) in [5, 5.41) is 6.78. The molecule has 25 heavy (non-hydrogen) atoms. The van der Waals surface area contributed by atoms with Gasteiger partial charge in [0.2, 0.25) is 0 Å². The summed E-state index contributed by atoms with van der Waals surface area (Å²) in [5.74, 6) is 0.912. The van der Waals surface area contributed by atoms with Gasteiger partial charge in [-0.25, -0.2) is 0 Å². The molecule has 0 unspecified atom stereocenters. The Balaban J connectivity index is 1.89. The molecular formula is C22H24ClNO. The van der Waals surface area contributed by atoms with Crippen molar-refractivity contribution in [2.75, 3.05) is 0 Å². The highest BCUT2D eigenvalue weighted by atomic mass is 35.5. The van der Waals surface area contributed by atoms with Crippen molar-refractivity contribution in [2.24, 2.45) is 0 Å². The molecule has 0 aliphatic carbocycles. The lowest BCUT2D eigenvalue weighted by Gasteiger charge is -2.17. The van der Waals surface area contributed by atoms with E-state index in [0.29, 0.717) is 12.6 Å². The Morgan fingerprint density at radius 1 is 1.00 bits per heavy atom. The molecule has 130 valence electrons. The van der Waals surface area contributed by atoms with Crippen molar-refractivity contribution in [2.45, 2.75) is 39.5 Å². The molecule has 0 aliphatic rings. The molecular weight excluding hydrogens is 330 g/mol. The molecule has 1 atom stereocenters. The van der Waals surface area contributed by atoms with Crippen LogP contribution >= 0.6 is 11.6 Å². The van der Waals surface area contributed by atoms with Crippen LogP contribution < -0.4 is 10.1 Å². The van der Waals surface area contributed by atoms with Crippen LogP contribution in [0.4, 0.5) is 0 Å². The number of hydrogen-bond donors (Lipinski definition) is 1. The van der Waals surface area contributed by atoms with E-state index in [9.17, 15) is 0 Å². The number of rotatable bonds is 7. The first-order valence-electron chi connectivity index (χ1n) is 8.79. The summed E-state index contributed by atoms with van der Waals surface area (Å²) < 4.78 is 6.15.